The summed E-state index contributed by atoms with van der Waals surface area (Å²) in [6.07, 6.45) is -1.67. The van der Waals surface area contributed by atoms with Crippen LogP contribution in [-0.2, 0) is 38.8 Å². The van der Waals surface area contributed by atoms with Crippen LogP contribution in [0.3, 0.4) is 0 Å². The van der Waals surface area contributed by atoms with Gasteiger partial charge in [-0.25, -0.2) is 0 Å². The van der Waals surface area contributed by atoms with Crippen molar-refractivity contribution in [2.45, 2.75) is 54.5 Å². The maximum Gasteiger partial charge on any atom is 0.119 e. The SMILES string of the molecule is COc1ccc(CO[C@@H]2C(N=[N+]=[N-])[C@H](Sc3ccccc3)OC(COCc3ccccc3)[C@H]2OCc2ccccc2)cc1. The molecule has 1 saturated heterocycles. The van der Waals surface area contributed by atoms with E-state index in [0.717, 1.165) is 27.3 Å². The number of benzene rings is 4. The molecule has 5 atom stereocenters. The van der Waals surface area contributed by atoms with Gasteiger partial charge in [0.15, 0.2) is 0 Å². The Kier molecular flexibility index (Phi) is 11.5. The van der Waals surface area contributed by atoms with Crippen LogP contribution in [0.5, 0.6) is 5.75 Å². The second-order valence-electron chi connectivity index (χ2n) is 10.1. The molecular formula is C34H35N3O5S. The van der Waals surface area contributed by atoms with E-state index in [0.29, 0.717) is 13.2 Å². The van der Waals surface area contributed by atoms with Gasteiger partial charge in [0.1, 0.15) is 29.4 Å². The van der Waals surface area contributed by atoms with Gasteiger partial charge in [-0.05, 0) is 46.5 Å². The molecule has 0 radical (unpaired) electrons. The quantitative estimate of drug-likeness (QED) is 0.0845. The third kappa shape index (κ3) is 8.84. The van der Waals surface area contributed by atoms with Gasteiger partial charge < -0.3 is 23.7 Å². The first-order valence-electron chi connectivity index (χ1n) is 14.2. The predicted octanol–water partition coefficient (Wildman–Crippen LogP) is 7.58. The van der Waals surface area contributed by atoms with Gasteiger partial charge in [0.25, 0.3) is 0 Å². The van der Waals surface area contributed by atoms with Gasteiger partial charge in [-0.15, -0.1) is 0 Å². The van der Waals surface area contributed by atoms with Gasteiger partial charge in [0.05, 0.1) is 39.6 Å². The average molecular weight is 598 g/mol. The predicted molar refractivity (Wildman–Crippen MR) is 167 cm³/mol. The highest BCUT2D eigenvalue weighted by Crippen LogP contribution is 2.38. The molecule has 5 rings (SSSR count). The minimum atomic E-state index is -0.667. The van der Waals surface area contributed by atoms with Crippen LogP contribution < -0.4 is 4.74 Å². The van der Waals surface area contributed by atoms with Crippen molar-refractivity contribution >= 4 is 11.8 Å². The van der Waals surface area contributed by atoms with E-state index in [-0.39, 0.29) is 13.2 Å². The van der Waals surface area contributed by atoms with Gasteiger partial charge in [-0.2, -0.15) is 0 Å². The zero-order chi connectivity index (χ0) is 29.7. The molecule has 222 valence electrons. The second-order valence-corrected chi connectivity index (χ2v) is 11.2. The van der Waals surface area contributed by atoms with Crippen molar-refractivity contribution in [2.24, 2.45) is 5.11 Å². The van der Waals surface area contributed by atoms with E-state index in [1.165, 1.54) is 11.8 Å². The van der Waals surface area contributed by atoms with E-state index in [4.69, 9.17) is 23.7 Å². The van der Waals surface area contributed by atoms with E-state index >= 15 is 0 Å². The van der Waals surface area contributed by atoms with Crippen molar-refractivity contribution in [3.05, 3.63) is 142 Å². The monoisotopic (exact) mass is 597 g/mol. The molecule has 0 aromatic heterocycles. The fraction of sp³-hybridized carbons (Fsp3) is 0.294. The van der Waals surface area contributed by atoms with Crippen LogP contribution in [0.2, 0.25) is 0 Å². The summed E-state index contributed by atoms with van der Waals surface area (Å²) in [6, 6.07) is 36.9. The molecule has 0 bridgehead atoms. The Morgan fingerprint density at radius 3 is 1.88 bits per heavy atom. The van der Waals surface area contributed by atoms with Crippen LogP contribution in [0.1, 0.15) is 16.7 Å². The Balaban J connectivity index is 1.43. The lowest BCUT2D eigenvalue weighted by molar-refractivity contribution is -0.211. The number of hydrogen-bond acceptors (Lipinski definition) is 7. The molecule has 43 heavy (non-hydrogen) atoms. The zero-order valence-corrected chi connectivity index (χ0v) is 24.8. The standard InChI is InChI=1S/C34H35N3O5S/c1-38-28-19-17-27(18-20-28)23-41-33-31(36-37-35)34(43-29-15-9-4-10-16-29)42-30(24-39-21-25-11-5-2-6-12-25)32(33)40-22-26-13-7-3-8-14-26/h2-20,30-34H,21-24H2,1H3/t30?,31?,32-,33-,34+/m1/s1. The smallest absolute Gasteiger partial charge is 0.119 e. The molecule has 0 N–H and O–H groups in total. The third-order valence-electron chi connectivity index (χ3n) is 7.08. The molecule has 1 fully saturated rings. The highest BCUT2D eigenvalue weighted by atomic mass is 32.2. The summed E-state index contributed by atoms with van der Waals surface area (Å²) in [4.78, 5) is 4.20. The van der Waals surface area contributed by atoms with Crippen LogP contribution >= 0.6 is 11.8 Å². The Hall–Kier alpha value is -3.82. The summed E-state index contributed by atoms with van der Waals surface area (Å²) < 4.78 is 31.3. The van der Waals surface area contributed by atoms with Crippen molar-refractivity contribution in [2.75, 3.05) is 13.7 Å². The fourth-order valence-electron chi connectivity index (χ4n) is 4.88. The van der Waals surface area contributed by atoms with Crippen LogP contribution in [0.15, 0.2) is 125 Å². The molecule has 8 nitrogen and oxygen atoms in total. The molecule has 0 saturated carbocycles. The topological polar surface area (TPSA) is 94.9 Å². The Labute approximate surface area is 256 Å². The van der Waals surface area contributed by atoms with Crippen molar-refractivity contribution < 1.29 is 23.7 Å². The molecule has 0 aliphatic carbocycles. The number of thioether (sulfide) groups is 1. The third-order valence-corrected chi connectivity index (χ3v) is 8.24. The Bertz CT molecular complexity index is 1420. The fourth-order valence-corrected chi connectivity index (χ4v) is 6.01. The van der Waals surface area contributed by atoms with Crippen molar-refractivity contribution in [1.29, 1.82) is 0 Å². The van der Waals surface area contributed by atoms with Gasteiger partial charge in [-0.3, -0.25) is 0 Å². The van der Waals surface area contributed by atoms with Crippen LogP contribution in [0.25, 0.3) is 10.4 Å². The minimum absolute atomic E-state index is 0.269. The van der Waals surface area contributed by atoms with Crippen LogP contribution in [-0.4, -0.2) is 43.5 Å². The maximum absolute atomic E-state index is 9.65. The van der Waals surface area contributed by atoms with Crippen LogP contribution in [0.4, 0.5) is 0 Å². The number of ether oxygens (including phenoxy) is 5. The van der Waals surface area contributed by atoms with Crippen molar-refractivity contribution in [1.82, 2.24) is 0 Å². The first kappa shape index (κ1) is 30.6. The molecule has 2 unspecified atom stereocenters. The van der Waals surface area contributed by atoms with Gasteiger partial charge in [0.2, 0.25) is 0 Å². The zero-order valence-electron chi connectivity index (χ0n) is 24.0. The number of rotatable bonds is 14. The summed E-state index contributed by atoms with van der Waals surface area (Å²) in [5.41, 5.74) is 12.2. The van der Waals surface area contributed by atoms with Crippen LogP contribution in [0, 0.1) is 0 Å². The maximum atomic E-state index is 9.65. The summed E-state index contributed by atoms with van der Waals surface area (Å²) in [5, 5.41) is 4.22. The summed E-state index contributed by atoms with van der Waals surface area (Å²) in [6.45, 7) is 1.33. The number of methoxy groups -OCH3 is 1. The number of azide groups is 1. The first-order valence-corrected chi connectivity index (χ1v) is 15.0. The first-order chi connectivity index (χ1) is 21.2. The lowest BCUT2D eigenvalue weighted by atomic mass is 9.97. The minimum Gasteiger partial charge on any atom is -0.497 e. The molecule has 0 amide bonds. The van der Waals surface area contributed by atoms with E-state index in [2.05, 4.69) is 10.0 Å². The molecule has 4 aromatic rings. The summed E-state index contributed by atoms with van der Waals surface area (Å²) >= 11 is 1.50. The molecule has 1 aliphatic heterocycles. The second kappa shape index (κ2) is 16.1. The molecule has 1 aliphatic rings. The lowest BCUT2D eigenvalue weighted by Crippen LogP contribution is -2.58. The molecule has 4 aromatic carbocycles. The molecular weight excluding hydrogens is 562 g/mol. The largest absolute Gasteiger partial charge is 0.497 e. The summed E-state index contributed by atoms with van der Waals surface area (Å²) in [5.74, 6) is 0.765. The molecule has 0 spiro atoms. The highest BCUT2D eigenvalue weighted by molar-refractivity contribution is 7.99. The van der Waals surface area contributed by atoms with Gasteiger partial charge >= 0.3 is 0 Å². The van der Waals surface area contributed by atoms with E-state index < -0.39 is 29.8 Å². The van der Waals surface area contributed by atoms with Crippen molar-refractivity contribution in [3.8, 4) is 5.75 Å². The lowest BCUT2D eigenvalue weighted by Gasteiger charge is -2.44. The highest BCUT2D eigenvalue weighted by Gasteiger charge is 2.47. The number of nitrogens with zero attached hydrogens (tertiary/aromatic N) is 3. The Morgan fingerprint density at radius 1 is 0.721 bits per heavy atom. The normalized spacial score (nSPS) is 21.6. The van der Waals surface area contributed by atoms with Gasteiger partial charge in [0, 0.05) is 9.81 Å². The molecule has 9 heteroatoms. The van der Waals surface area contributed by atoms with E-state index in [1.807, 2.05) is 115 Å². The number of hydrogen-bond donors (Lipinski definition) is 0. The van der Waals surface area contributed by atoms with Gasteiger partial charge in [-0.1, -0.05) is 108 Å². The Morgan fingerprint density at radius 2 is 1.28 bits per heavy atom. The van der Waals surface area contributed by atoms with E-state index in [1.54, 1.807) is 7.11 Å². The van der Waals surface area contributed by atoms with Crippen molar-refractivity contribution in [3.63, 3.8) is 0 Å². The average Bonchev–Trinajstić information content (AvgIpc) is 3.06. The van der Waals surface area contributed by atoms with E-state index in [9.17, 15) is 5.53 Å². The molecule has 1 heterocycles. The summed E-state index contributed by atoms with van der Waals surface area (Å²) in [7, 11) is 1.64.